The Kier molecular flexibility index (Phi) is 3.03. The van der Waals surface area contributed by atoms with Crippen molar-refractivity contribution in [1.82, 2.24) is 9.97 Å². The third-order valence-electron chi connectivity index (χ3n) is 2.66. The monoisotopic (exact) mass is 272 g/mol. The van der Waals surface area contributed by atoms with Crippen LogP contribution in [-0.4, -0.2) is 27.8 Å². The summed E-state index contributed by atoms with van der Waals surface area (Å²) in [5, 5.41) is 4.05. The number of hydrogen-bond acceptors (Lipinski definition) is 4. The molecule has 1 aliphatic heterocycles. The van der Waals surface area contributed by atoms with E-state index in [1.165, 1.54) is 13.0 Å². The number of rotatable bonds is 1. The van der Waals surface area contributed by atoms with Gasteiger partial charge in [0, 0.05) is 11.8 Å². The van der Waals surface area contributed by atoms with E-state index in [1.807, 2.05) is 0 Å². The molecule has 2 rings (SSSR count). The van der Waals surface area contributed by atoms with E-state index in [0.717, 1.165) is 0 Å². The summed E-state index contributed by atoms with van der Waals surface area (Å²) in [5.74, 6) is -1.65. The van der Waals surface area contributed by atoms with Crippen LogP contribution in [0.4, 0.5) is 19.0 Å². The van der Waals surface area contributed by atoms with Gasteiger partial charge in [-0.25, -0.2) is 9.97 Å². The Balaban J connectivity index is 2.46. The van der Waals surface area contributed by atoms with E-state index in [9.17, 15) is 18.0 Å². The average Bonchev–Trinajstić information content (AvgIpc) is 2.54. The van der Waals surface area contributed by atoms with Crippen LogP contribution in [0.3, 0.4) is 0 Å². The van der Waals surface area contributed by atoms with E-state index >= 15 is 0 Å². The van der Waals surface area contributed by atoms with E-state index < -0.39 is 23.7 Å². The molecule has 0 saturated heterocycles. The Morgan fingerprint density at radius 1 is 1.26 bits per heavy atom. The summed E-state index contributed by atoms with van der Waals surface area (Å²) in [6, 6.07) is 1.42. The van der Waals surface area contributed by atoms with Gasteiger partial charge in [-0.2, -0.15) is 23.3 Å². The van der Waals surface area contributed by atoms with Gasteiger partial charge in [0.2, 0.25) is 0 Å². The number of halogens is 3. The number of nitrogens with zero attached hydrogens (tertiary/aromatic N) is 4. The van der Waals surface area contributed by atoms with E-state index in [4.69, 9.17) is 0 Å². The molecule has 102 valence electrons. The number of carbonyl (C=O) groups is 1. The summed E-state index contributed by atoms with van der Waals surface area (Å²) < 4.78 is 38.1. The third kappa shape index (κ3) is 2.42. The molecule has 1 aliphatic rings. The van der Waals surface area contributed by atoms with Crippen molar-refractivity contribution in [3.8, 4) is 0 Å². The van der Waals surface area contributed by atoms with Gasteiger partial charge in [0.15, 0.2) is 11.5 Å². The number of anilines is 1. The van der Waals surface area contributed by atoms with Crippen molar-refractivity contribution >= 4 is 17.4 Å². The first-order valence-corrected chi connectivity index (χ1v) is 5.52. The smallest absolute Gasteiger partial charge is 0.272 e. The van der Waals surface area contributed by atoms with Crippen LogP contribution in [-0.2, 0) is 4.79 Å². The molecule has 5 nitrogen and oxygen atoms in total. The lowest BCUT2D eigenvalue weighted by Gasteiger charge is -2.12. The Hall–Kier alpha value is -1.99. The number of hydrogen-bond donors (Lipinski definition) is 0. The van der Waals surface area contributed by atoms with Crippen molar-refractivity contribution in [3.05, 3.63) is 17.6 Å². The summed E-state index contributed by atoms with van der Waals surface area (Å²) in [4.78, 5) is 19.8. The molecular formula is C11H11F3N4O. The fourth-order valence-corrected chi connectivity index (χ4v) is 1.82. The van der Waals surface area contributed by atoms with E-state index in [0.29, 0.717) is 16.5 Å². The predicted octanol–water partition coefficient (Wildman–Crippen LogP) is 1.99. The van der Waals surface area contributed by atoms with Crippen molar-refractivity contribution in [2.45, 2.75) is 26.9 Å². The largest absolute Gasteiger partial charge is 0.432 e. The van der Waals surface area contributed by atoms with Gasteiger partial charge in [-0.15, -0.1) is 0 Å². The molecule has 0 N–H and O–H groups in total. The van der Waals surface area contributed by atoms with Gasteiger partial charge < -0.3 is 0 Å². The zero-order chi connectivity index (χ0) is 14.4. The molecule has 0 spiro atoms. The van der Waals surface area contributed by atoms with Crippen LogP contribution >= 0.6 is 0 Å². The number of aryl methyl sites for hydroxylation is 2. The van der Waals surface area contributed by atoms with Crippen molar-refractivity contribution in [1.29, 1.82) is 0 Å². The zero-order valence-corrected chi connectivity index (χ0v) is 10.5. The zero-order valence-electron chi connectivity index (χ0n) is 10.5. The van der Waals surface area contributed by atoms with Gasteiger partial charge in [0.1, 0.15) is 5.82 Å². The number of amides is 1. The lowest BCUT2D eigenvalue weighted by Crippen LogP contribution is -2.31. The minimum absolute atomic E-state index is 0.0566. The van der Waals surface area contributed by atoms with Crippen LogP contribution in [0.25, 0.3) is 0 Å². The second-order valence-corrected chi connectivity index (χ2v) is 4.27. The van der Waals surface area contributed by atoms with Crippen molar-refractivity contribution in [2.75, 3.05) is 5.01 Å². The molecule has 0 fully saturated rings. The van der Waals surface area contributed by atoms with Crippen LogP contribution < -0.4 is 5.01 Å². The normalized spacial score (nSPS) is 19.9. The predicted molar refractivity (Wildman–Crippen MR) is 61.6 cm³/mol. The quantitative estimate of drug-likeness (QED) is 0.785. The average molecular weight is 272 g/mol. The second kappa shape index (κ2) is 4.29. The molecule has 1 unspecified atom stereocenters. The van der Waals surface area contributed by atoms with Crippen LogP contribution in [0.5, 0.6) is 0 Å². The molecular weight excluding hydrogens is 261 g/mol. The highest BCUT2D eigenvalue weighted by molar-refractivity contribution is 6.16. The summed E-state index contributed by atoms with van der Waals surface area (Å²) in [5.41, 5.74) is -0.551. The fourth-order valence-electron chi connectivity index (χ4n) is 1.82. The van der Waals surface area contributed by atoms with E-state index in [-0.39, 0.29) is 5.82 Å². The number of hydrazone groups is 1. The summed E-state index contributed by atoms with van der Waals surface area (Å²) >= 11 is 0. The van der Waals surface area contributed by atoms with Gasteiger partial charge in [-0.1, -0.05) is 0 Å². The van der Waals surface area contributed by atoms with Gasteiger partial charge >= 0.3 is 6.18 Å². The van der Waals surface area contributed by atoms with Crippen LogP contribution in [0.1, 0.15) is 18.4 Å². The Morgan fingerprint density at radius 3 is 2.37 bits per heavy atom. The van der Waals surface area contributed by atoms with Crippen LogP contribution in [0.2, 0.25) is 0 Å². The molecule has 19 heavy (non-hydrogen) atoms. The first-order chi connectivity index (χ1) is 8.70. The molecule has 0 bridgehead atoms. The van der Waals surface area contributed by atoms with Crippen molar-refractivity contribution in [2.24, 2.45) is 11.0 Å². The lowest BCUT2D eigenvalue weighted by atomic mass is 10.1. The minimum Gasteiger partial charge on any atom is -0.272 e. The number of alkyl halides is 3. The SMILES string of the molecule is Cc1cc(N2N=C(C(F)(F)F)C(C)C2=O)nc(C)n1. The molecule has 0 saturated carbocycles. The molecule has 1 atom stereocenters. The highest BCUT2D eigenvalue weighted by Crippen LogP contribution is 2.30. The molecule has 8 heteroatoms. The third-order valence-corrected chi connectivity index (χ3v) is 2.66. The first kappa shape index (κ1) is 13.4. The molecule has 0 aliphatic carbocycles. The molecule has 1 aromatic heterocycles. The van der Waals surface area contributed by atoms with Gasteiger partial charge in [0.05, 0.1) is 5.92 Å². The standard InChI is InChI=1S/C11H11F3N4O/c1-5-4-8(16-7(3)15-5)18-10(19)6(2)9(17-18)11(12,13)14/h4,6H,1-3H3. The molecule has 2 heterocycles. The topological polar surface area (TPSA) is 58.5 Å². The number of carbonyl (C=O) groups excluding carboxylic acids is 1. The summed E-state index contributed by atoms with van der Waals surface area (Å²) in [6.07, 6.45) is -4.62. The maximum atomic E-state index is 12.7. The molecule has 0 radical (unpaired) electrons. The fraction of sp³-hybridized carbons (Fsp3) is 0.455. The highest BCUT2D eigenvalue weighted by Gasteiger charge is 2.48. The summed E-state index contributed by atoms with van der Waals surface area (Å²) in [7, 11) is 0. The van der Waals surface area contributed by atoms with Crippen LogP contribution in [0.15, 0.2) is 11.2 Å². The second-order valence-electron chi connectivity index (χ2n) is 4.27. The van der Waals surface area contributed by atoms with Crippen LogP contribution in [0, 0.1) is 19.8 Å². The maximum absolute atomic E-state index is 12.7. The number of aromatic nitrogens is 2. The Labute approximate surface area is 107 Å². The van der Waals surface area contributed by atoms with Gasteiger partial charge in [-0.3, -0.25) is 4.79 Å². The van der Waals surface area contributed by atoms with E-state index in [2.05, 4.69) is 15.1 Å². The maximum Gasteiger partial charge on any atom is 0.432 e. The Bertz CT molecular complexity index is 547. The molecule has 1 aromatic rings. The Morgan fingerprint density at radius 2 is 1.89 bits per heavy atom. The van der Waals surface area contributed by atoms with E-state index in [1.54, 1.807) is 13.8 Å². The molecule has 1 amide bonds. The molecule has 0 aromatic carbocycles. The first-order valence-electron chi connectivity index (χ1n) is 5.52. The lowest BCUT2D eigenvalue weighted by molar-refractivity contribution is -0.120. The van der Waals surface area contributed by atoms with Crippen molar-refractivity contribution < 1.29 is 18.0 Å². The summed E-state index contributed by atoms with van der Waals surface area (Å²) in [6.45, 7) is 4.43. The minimum atomic E-state index is -4.62. The van der Waals surface area contributed by atoms with Crippen molar-refractivity contribution in [3.63, 3.8) is 0 Å². The highest BCUT2D eigenvalue weighted by atomic mass is 19.4. The van der Waals surface area contributed by atoms with Gasteiger partial charge in [0.25, 0.3) is 5.91 Å². The van der Waals surface area contributed by atoms with Gasteiger partial charge in [-0.05, 0) is 20.8 Å².